The number of halogens is 2. The van der Waals surface area contributed by atoms with Crippen molar-refractivity contribution < 1.29 is 9.59 Å². The molecule has 0 bridgehead atoms. The van der Waals surface area contributed by atoms with Crippen molar-refractivity contribution in [2.24, 2.45) is 4.99 Å². The van der Waals surface area contributed by atoms with Gasteiger partial charge in [0.05, 0.1) is 0 Å². The topological polar surface area (TPSA) is 70.6 Å². The number of amides is 2. The van der Waals surface area contributed by atoms with Crippen molar-refractivity contribution in [3.63, 3.8) is 0 Å². The van der Waals surface area contributed by atoms with Crippen molar-refractivity contribution in [3.8, 4) is 0 Å². The van der Waals surface area contributed by atoms with Gasteiger partial charge in [0.25, 0.3) is 11.8 Å². The molecule has 2 aromatic rings. The molecule has 1 fully saturated rings. The first-order valence-electron chi connectivity index (χ1n) is 8.17. The van der Waals surface area contributed by atoms with Crippen LogP contribution in [0.3, 0.4) is 0 Å². The van der Waals surface area contributed by atoms with Gasteiger partial charge in [0, 0.05) is 28.1 Å². The molecule has 136 valence electrons. The standard InChI is InChI=1S/C19H13Cl2N3O2S/c20-12-5-1-10(2-6-12)14-9-15(11-3-7-13(21)8-4-11)24-19(14)16(25)22-18(27)23-17(19)26/h1-8,14H,9H2,(H2,22,23,25,26,27). The maximum absolute atomic E-state index is 12.9. The van der Waals surface area contributed by atoms with Gasteiger partial charge >= 0.3 is 0 Å². The van der Waals surface area contributed by atoms with E-state index in [1.807, 2.05) is 24.3 Å². The van der Waals surface area contributed by atoms with Gasteiger partial charge in [0.1, 0.15) is 0 Å². The Morgan fingerprint density at radius 1 is 0.926 bits per heavy atom. The van der Waals surface area contributed by atoms with Gasteiger partial charge in [0.2, 0.25) is 5.54 Å². The average Bonchev–Trinajstić information content (AvgIpc) is 3.03. The van der Waals surface area contributed by atoms with E-state index in [1.165, 1.54) is 0 Å². The summed E-state index contributed by atoms with van der Waals surface area (Å²) in [5.74, 6) is -1.54. The predicted octanol–water partition coefficient (Wildman–Crippen LogP) is 3.24. The summed E-state index contributed by atoms with van der Waals surface area (Å²) < 4.78 is 0. The Labute approximate surface area is 170 Å². The second-order valence-electron chi connectivity index (χ2n) is 6.38. The number of carbonyl (C=O) groups is 2. The van der Waals surface area contributed by atoms with Crippen LogP contribution in [0.25, 0.3) is 0 Å². The summed E-state index contributed by atoms with van der Waals surface area (Å²) in [5.41, 5.74) is 0.643. The van der Waals surface area contributed by atoms with Crippen molar-refractivity contribution in [2.45, 2.75) is 17.9 Å². The number of carbonyl (C=O) groups excluding carboxylic acids is 2. The molecule has 0 saturated carbocycles. The Kier molecular flexibility index (Phi) is 4.50. The highest BCUT2D eigenvalue weighted by Gasteiger charge is 2.59. The van der Waals surface area contributed by atoms with E-state index < -0.39 is 23.3 Å². The first-order valence-corrected chi connectivity index (χ1v) is 9.33. The Hall–Kier alpha value is -2.28. The smallest absolute Gasteiger partial charge is 0.264 e. The molecule has 1 atom stereocenters. The molecule has 2 heterocycles. The molecule has 2 aromatic carbocycles. The van der Waals surface area contributed by atoms with Crippen LogP contribution in [0.2, 0.25) is 10.0 Å². The van der Waals surface area contributed by atoms with Crippen LogP contribution < -0.4 is 10.6 Å². The lowest BCUT2D eigenvalue weighted by Gasteiger charge is -2.34. The first-order chi connectivity index (χ1) is 12.9. The summed E-state index contributed by atoms with van der Waals surface area (Å²) in [6.45, 7) is 0. The molecule has 2 aliphatic rings. The lowest BCUT2D eigenvalue weighted by Crippen LogP contribution is -2.66. The molecule has 1 spiro atoms. The van der Waals surface area contributed by atoms with Gasteiger partial charge in [-0.05, 0) is 47.6 Å². The zero-order valence-electron chi connectivity index (χ0n) is 13.8. The van der Waals surface area contributed by atoms with Crippen LogP contribution in [-0.2, 0) is 9.59 Å². The minimum atomic E-state index is -1.62. The van der Waals surface area contributed by atoms with E-state index >= 15 is 0 Å². The van der Waals surface area contributed by atoms with Gasteiger partial charge in [-0.2, -0.15) is 0 Å². The molecular weight excluding hydrogens is 405 g/mol. The fraction of sp³-hybridized carbons (Fsp3) is 0.158. The molecule has 2 amide bonds. The number of nitrogens with one attached hydrogen (secondary N) is 2. The second-order valence-corrected chi connectivity index (χ2v) is 7.66. The summed E-state index contributed by atoms with van der Waals surface area (Å²) >= 11 is 16.9. The zero-order chi connectivity index (χ0) is 19.2. The molecule has 0 aromatic heterocycles. The minimum Gasteiger partial charge on any atom is -0.300 e. The van der Waals surface area contributed by atoms with Gasteiger partial charge < -0.3 is 10.6 Å². The van der Waals surface area contributed by atoms with Crippen LogP contribution in [-0.4, -0.2) is 28.2 Å². The Morgan fingerprint density at radius 2 is 1.44 bits per heavy atom. The minimum absolute atomic E-state index is 0.0133. The van der Waals surface area contributed by atoms with Crippen molar-refractivity contribution in [1.29, 1.82) is 0 Å². The van der Waals surface area contributed by atoms with E-state index in [1.54, 1.807) is 24.3 Å². The third-order valence-electron chi connectivity index (χ3n) is 4.81. The normalized spacial score (nSPS) is 21.0. The summed E-state index contributed by atoms with van der Waals surface area (Å²) in [4.78, 5) is 30.4. The number of rotatable bonds is 2. The van der Waals surface area contributed by atoms with Crippen LogP contribution in [0.4, 0.5) is 0 Å². The molecule has 4 rings (SSSR count). The quantitative estimate of drug-likeness (QED) is 0.581. The SMILES string of the molecule is O=C1NC(=S)NC(=O)C12N=C(c1ccc(Cl)cc1)CC2c1ccc(Cl)cc1. The molecule has 1 saturated heterocycles. The predicted molar refractivity (Wildman–Crippen MR) is 108 cm³/mol. The van der Waals surface area contributed by atoms with Crippen LogP contribution in [0.15, 0.2) is 53.5 Å². The van der Waals surface area contributed by atoms with Crippen LogP contribution >= 0.6 is 35.4 Å². The highest BCUT2D eigenvalue weighted by atomic mass is 35.5. The first kappa shape index (κ1) is 18.1. The molecule has 1 unspecified atom stereocenters. The number of thiocarbonyl (C=S) groups is 1. The molecule has 5 nitrogen and oxygen atoms in total. The summed E-state index contributed by atoms with van der Waals surface area (Å²) in [5, 5.41) is 6.24. The maximum atomic E-state index is 12.9. The van der Waals surface area contributed by atoms with Gasteiger partial charge in [-0.3, -0.25) is 14.6 Å². The molecule has 27 heavy (non-hydrogen) atoms. The number of aliphatic imine (C=N–C) groups is 1. The molecule has 0 aliphatic carbocycles. The number of hydrogen-bond acceptors (Lipinski definition) is 4. The van der Waals surface area contributed by atoms with Gasteiger partial charge in [-0.25, -0.2) is 0 Å². The highest BCUT2D eigenvalue weighted by molar-refractivity contribution is 7.80. The van der Waals surface area contributed by atoms with Crippen LogP contribution in [0.1, 0.15) is 23.5 Å². The lowest BCUT2D eigenvalue weighted by atomic mass is 9.77. The third-order valence-corrected chi connectivity index (χ3v) is 5.52. The Bertz CT molecular complexity index is 967. The van der Waals surface area contributed by atoms with E-state index in [0.29, 0.717) is 22.2 Å². The number of hydrogen-bond donors (Lipinski definition) is 2. The fourth-order valence-electron chi connectivity index (χ4n) is 3.51. The van der Waals surface area contributed by atoms with Gasteiger partial charge in [-0.1, -0.05) is 47.5 Å². The van der Waals surface area contributed by atoms with E-state index in [2.05, 4.69) is 15.6 Å². The fourth-order valence-corrected chi connectivity index (χ4v) is 3.94. The van der Waals surface area contributed by atoms with Crippen LogP contribution in [0.5, 0.6) is 0 Å². The van der Waals surface area contributed by atoms with Crippen molar-refractivity contribution >= 4 is 58.1 Å². The van der Waals surface area contributed by atoms with Crippen molar-refractivity contribution in [2.75, 3.05) is 0 Å². The van der Waals surface area contributed by atoms with Crippen molar-refractivity contribution in [1.82, 2.24) is 10.6 Å². The lowest BCUT2D eigenvalue weighted by molar-refractivity contribution is -0.137. The molecular formula is C19H13Cl2N3O2S. The second kappa shape index (κ2) is 6.71. The van der Waals surface area contributed by atoms with E-state index in [9.17, 15) is 9.59 Å². The summed E-state index contributed by atoms with van der Waals surface area (Å²) in [6, 6.07) is 14.2. The van der Waals surface area contributed by atoms with E-state index in [4.69, 9.17) is 35.4 Å². The Morgan fingerprint density at radius 3 is 2.00 bits per heavy atom. The largest absolute Gasteiger partial charge is 0.300 e. The van der Waals surface area contributed by atoms with Crippen molar-refractivity contribution in [3.05, 3.63) is 69.7 Å². The van der Waals surface area contributed by atoms with E-state index in [-0.39, 0.29) is 5.11 Å². The number of benzene rings is 2. The highest BCUT2D eigenvalue weighted by Crippen LogP contribution is 2.43. The maximum Gasteiger partial charge on any atom is 0.264 e. The monoisotopic (exact) mass is 417 g/mol. The molecule has 2 N–H and O–H groups in total. The Balaban J connectivity index is 1.84. The van der Waals surface area contributed by atoms with Gasteiger partial charge in [0.15, 0.2) is 5.11 Å². The summed E-state index contributed by atoms with van der Waals surface area (Å²) in [6.07, 6.45) is 0.414. The molecule has 2 aliphatic heterocycles. The molecule has 8 heteroatoms. The zero-order valence-corrected chi connectivity index (χ0v) is 16.2. The summed E-state index contributed by atoms with van der Waals surface area (Å²) in [7, 11) is 0. The molecule has 0 radical (unpaired) electrons. The van der Waals surface area contributed by atoms with Crippen LogP contribution in [0, 0.1) is 0 Å². The third kappa shape index (κ3) is 3.04. The number of nitrogens with zero attached hydrogens (tertiary/aromatic N) is 1. The van der Waals surface area contributed by atoms with E-state index in [0.717, 1.165) is 11.1 Å². The average molecular weight is 418 g/mol. The van der Waals surface area contributed by atoms with Gasteiger partial charge in [-0.15, -0.1) is 0 Å².